The second-order valence-electron chi connectivity index (χ2n) is 6.12. The van der Waals surface area contributed by atoms with Gasteiger partial charge in [0, 0.05) is 5.92 Å². The zero-order chi connectivity index (χ0) is 12.8. The Balaban J connectivity index is 1.74. The normalized spacial score (nSPS) is 27.1. The monoisotopic (exact) mass is 251 g/mol. The Labute approximate surface area is 112 Å². The van der Waals surface area contributed by atoms with E-state index in [0.29, 0.717) is 0 Å². The second-order valence-corrected chi connectivity index (χ2v) is 6.12. The first kappa shape index (κ1) is 13.9. The standard InChI is InChI=1S/C16H29NO/c1-13-5-7-14(8-6-13)16(15-9-10-15)18-12-4-2-3-11-17/h13-14H,2-12,17H2,1H3. The van der Waals surface area contributed by atoms with Crippen molar-refractivity contribution in [3.05, 3.63) is 11.3 Å². The van der Waals surface area contributed by atoms with Gasteiger partial charge in [0.2, 0.25) is 0 Å². The summed E-state index contributed by atoms with van der Waals surface area (Å²) < 4.78 is 6.13. The number of ether oxygens (including phenoxy) is 1. The van der Waals surface area contributed by atoms with Crippen molar-refractivity contribution >= 4 is 0 Å². The molecule has 0 radical (unpaired) electrons. The Morgan fingerprint density at radius 2 is 1.83 bits per heavy atom. The number of nitrogens with two attached hydrogens (primary N) is 1. The van der Waals surface area contributed by atoms with Crippen LogP contribution in [0.1, 0.15) is 64.7 Å². The molecule has 0 spiro atoms. The lowest BCUT2D eigenvalue weighted by Gasteiger charge is -2.28. The Morgan fingerprint density at radius 1 is 1.11 bits per heavy atom. The molecule has 0 aromatic heterocycles. The van der Waals surface area contributed by atoms with Crippen molar-refractivity contribution in [2.75, 3.05) is 13.2 Å². The van der Waals surface area contributed by atoms with Gasteiger partial charge in [-0.3, -0.25) is 0 Å². The van der Waals surface area contributed by atoms with Gasteiger partial charge in [-0.05, 0) is 63.0 Å². The van der Waals surface area contributed by atoms with Gasteiger partial charge in [0.05, 0.1) is 12.4 Å². The highest BCUT2D eigenvalue weighted by molar-refractivity contribution is 5.23. The summed E-state index contributed by atoms with van der Waals surface area (Å²) in [5, 5.41) is 0. The zero-order valence-corrected chi connectivity index (χ0v) is 11.9. The van der Waals surface area contributed by atoms with Crippen molar-refractivity contribution in [2.45, 2.75) is 64.7 Å². The van der Waals surface area contributed by atoms with Crippen LogP contribution in [0.25, 0.3) is 0 Å². The van der Waals surface area contributed by atoms with Gasteiger partial charge in [-0.25, -0.2) is 0 Å². The quantitative estimate of drug-likeness (QED) is 0.548. The van der Waals surface area contributed by atoms with Crippen LogP contribution in [0.2, 0.25) is 0 Å². The summed E-state index contributed by atoms with van der Waals surface area (Å²) >= 11 is 0. The maximum absolute atomic E-state index is 6.13. The van der Waals surface area contributed by atoms with E-state index in [1.807, 2.05) is 0 Å². The molecule has 0 amide bonds. The molecule has 2 rings (SSSR count). The predicted molar refractivity (Wildman–Crippen MR) is 76.2 cm³/mol. The average molecular weight is 251 g/mol. The molecular weight excluding hydrogens is 222 g/mol. The summed E-state index contributed by atoms with van der Waals surface area (Å²) in [6.07, 6.45) is 11.6. The minimum atomic E-state index is 0.744. The first-order valence-electron chi connectivity index (χ1n) is 7.86. The third-order valence-corrected chi connectivity index (χ3v) is 4.34. The van der Waals surface area contributed by atoms with E-state index in [1.54, 1.807) is 5.57 Å². The molecule has 0 aromatic rings. The Hall–Kier alpha value is -0.500. The number of hydrogen-bond donors (Lipinski definition) is 1. The summed E-state index contributed by atoms with van der Waals surface area (Å²) in [5.41, 5.74) is 7.13. The topological polar surface area (TPSA) is 35.2 Å². The molecule has 18 heavy (non-hydrogen) atoms. The minimum Gasteiger partial charge on any atom is -0.498 e. The molecular formula is C16H29NO. The number of allylic oxidation sites excluding steroid dienone is 2. The average Bonchev–Trinajstić information content (AvgIpc) is 3.20. The fraction of sp³-hybridized carbons (Fsp3) is 0.875. The lowest BCUT2D eigenvalue weighted by Crippen LogP contribution is -2.16. The molecule has 0 bridgehead atoms. The summed E-state index contributed by atoms with van der Waals surface area (Å²) in [6.45, 7) is 4.10. The van der Waals surface area contributed by atoms with Crippen molar-refractivity contribution in [2.24, 2.45) is 17.6 Å². The fourth-order valence-electron chi connectivity index (χ4n) is 2.95. The molecule has 2 aliphatic rings. The van der Waals surface area contributed by atoms with Gasteiger partial charge in [-0.15, -0.1) is 0 Å². The van der Waals surface area contributed by atoms with E-state index in [2.05, 4.69) is 6.92 Å². The summed E-state index contributed by atoms with van der Waals surface area (Å²) in [7, 11) is 0. The van der Waals surface area contributed by atoms with E-state index in [9.17, 15) is 0 Å². The van der Waals surface area contributed by atoms with E-state index >= 15 is 0 Å². The van der Waals surface area contributed by atoms with Crippen molar-refractivity contribution in [1.29, 1.82) is 0 Å². The second kappa shape index (κ2) is 7.18. The van der Waals surface area contributed by atoms with Crippen LogP contribution >= 0.6 is 0 Å². The van der Waals surface area contributed by atoms with Gasteiger partial charge in [-0.2, -0.15) is 0 Å². The largest absolute Gasteiger partial charge is 0.498 e. The van der Waals surface area contributed by atoms with E-state index in [0.717, 1.165) is 37.8 Å². The molecule has 2 nitrogen and oxygen atoms in total. The summed E-state index contributed by atoms with van der Waals surface area (Å²) in [4.78, 5) is 0. The van der Waals surface area contributed by atoms with Crippen molar-refractivity contribution < 1.29 is 4.74 Å². The maximum atomic E-state index is 6.13. The Morgan fingerprint density at radius 3 is 2.44 bits per heavy atom. The van der Waals surface area contributed by atoms with Crippen molar-refractivity contribution in [1.82, 2.24) is 0 Å². The highest BCUT2D eigenvalue weighted by Gasteiger charge is 2.28. The van der Waals surface area contributed by atoms with Crippen LogP contribution in [0.15, 0.2) is 11.3 Å². The smallest absolute Gasteiger partial charge is 0.0982 e. The van der Waals surface area contributed by atoms with Crippen LogP contribution in [0.4, 0.5) is 0 Å². The zero-order valence-electron chi connectivity index (χ0n) is 11.9. The van der Waals surface area contributed by atoms with Gasteiger partial charge in [0.1, 0.15) is 0 Å². The highest BCUT2D eigenvalue weighted by Crippen LogP contribution is 2.41. The molecule has 0 unspecified atom stereocenters. The molecule has 0 heterocycles. The Bertz CT molecular complexity index is 271. The predicted octanol–water partition coefficient (Wildman–Crippen LogP) is 4.01. The lowest BCUT2D eigenvalue weighted by atomic mass is 9.82. The van der Waals surface area contributed by atoms with E-state index in [4.69, 9.17) is 10.5 Å². The SMILES string of the molecule is CC1CCC(C(OCCCCCN)=C2CC2)CC1. The molecule has 0 aliphatic heterocycles. The number of hydrogen-bond acceptors (Lipinski definition) is 2. The first-order valence-corrected chi connectivity index (χ1v) is 7.86. The van der Waals surface area contributed by atoms with Crippen molar-refractivity contribution in [3.8, 4) is 0 Å². The number of rotatable bonds is 7. The van der Waals surface area contributed by atoms with Crippen LogP contribution in [0.3, 0.4) is 0 Å². The molecule has 2 saturated carbocycles. The third kappa shape index (κ3) is 4.31. The molecule has 104 valence electrons. The molecule has 0 atom stereocenters. The number of unbranched alkanes of at least 4 members (excludes halogenated alkanes) is 2. The van der Waals surface area contributed by atoms with Crippen LogP contribution in [0.5, 0.6) is 0 Å². The fourth-order valence-corrected chi connectivity index (χ4v) is 2.95. The molecule has 2 fully saturated rings. The van der Waals surface area contributed by atoms with Crippen LogP contribution < -0.4 is 5.73 Å². The molecule has 0 aromatic carbocycles. The van der Waals surface area contributed by atoms with Crippen LogP contribution in [-0.4, -0.2) is 13.2 Å². The Kier molecular flexibility index (Phi) is 5.55. The molecule has 0 saturated heterocycles. The lowest BCUT2D eigenvalue weighted by molar-refractivity contribution is 0.146. The van der Waals surface area contributed by atoms with Crippen molar-refractivity contribution in [3.63, 3.8) is 0 Å². The van der Waals surface area contributed by atoms with E-state index in [-0.39, 0.29) is 0 Å². The van der Waals surface area contributed by atoms with Crippen LogP contribution in [0, 0.1) is 11.8 Å². The van der Waals surface area contributed by atoms with E-state index in [1.165, 1.54) is 50.7 Å². The highest BCUT2D eigenvalue weighted by atomic mass is 16.5. The van der Waals surface area contributed by atoms with Gasteiger partial charge >= 0.3 is 0 Å². The molecule has 2 aliphatic carbocycles. The first-order chi connectivity index (χ1) is 8.81. The van der Waals surface area contributed by atoms with Crippen LogP contribution in [-0.2, 0) is 4.74 Å². The maximum Gasteiger partial charge on any atom is 0.0982 e. The van der Waals surface area contributed by atoms with E-state index < -0.39 is 0 Å². The molecule has 2 heteroatoms. The van der Waals surface area contributed by atoms with Gasteiger partial charge in [-0.1, -0.05) is 19.8 Å². The van der Waals surface area contributed by atoms with Gasteiger partial charge < -0.3 is 10.5 Å². The summed E-state index contributed by atoms with van der Waals surface area (Å²) in [5.74, 6) is 3.07. The third-order valence-electron chi connectivity index (χ3n) is 4.34. The van der Waals surface area contributed by atoms with Gasteiger partial charge in [0.25, 0.3) is 0 Å². The molecule has 2 N–H and O–H groups in total. The summed E-state index contributed by atoms with van der Waals surface area (Å²) in [6, 6.07) is 0. The minimum absolute atomic E-state index is 0.744. The van der Waals surface area contributed by atoms with Gasteiger partial charge in [0.15, 0.2) is 0 Å².